The number of hydrogen-bond donors (Lipinski definition) is 0. The van der Waals surface area contributed by atoms with Crippen molar-refractivity contribution in [1.82, 2.24) is 14.8 Å². The summed E-state index contributed by atoms with van der Waals surface area (Å²) in [6, 6.07) is 4.24. The molecule has 3 rings (SSSR count). The SMILES string of the molecule is C/C=C(\C)CN1CCC(C2CCN(Cc3cccnc3)CC2)C1. The molecule has 2 aliphatic heterocycles. The second kappa shape index (κ2) is 8.07. The van der Waals surface area contributed by atoms with Crippen molar-refractivity contribution in [2.24, 2.45) is 11.8 Å². The predicted molar refractivity (Wildman–Crippen MR) is 96.2 cm³/mol. The number of likely N-dealkylation sites (tertiary alicyclic amines) is 2. The van der Waals surface area contributed by atoms with Gasteiger partial charge in [-0.1, -0.05) is 17.7 Å². The van der Waals surface area contributed by atoms with Crippen molar-refractivity contribution in [2.75, 3.05) is 32.7 Å². The van der Waals surface area contributed by atoms with Gasteiger partial charge in [-0.3, -0.25) is 14.8 Å². The van der Waals surface area contributed by atoms with Gasteiger partial charge in [0.25, 0.3) is 0 Å². The topological polar surface area (TPSA) is 19.4 Å². The van der Waals surface area contributed by atoms with Gasteiger partial charge in [0, 0.05) is 32.0 Å². The van der Waals surface area contributed by atoms with Gasteiger partial charge in [-0.05, 0) is 76.2 Å². The van der Waals surface area contributed by atoms with Crippen molar-refractivity contribution < 1.29 is 0 Å². The molecule has 3 heterocycles. The molecule has 0 aliphatic carbocycles. The molecule has 0 spiro atoms. The van der Waals surface area contributed by atoms with E-state index in [0.29, 0.717) is 0 Å². The Kier molecular flexibility index (Phi) is 5.85. The first-order valence-corrected chi connectivity index (χ1v) is 9.20. The van der Waals surface area contributed by atoms with Crippen LogP contribution in [0.2, 0.25) is 0 Å². The van der Waals surface area contributed by atoms with Crippen LogP contribution in [-0.2, 0) is 6.54 Å². The molecule has 2 fully saturated rings. The van der Waals surface area contributed by atoms with Crippen molar-refractivity contribution in [3.05, 3.63) is 41.7 Å². The zero-order valence-electron chi connectivity index (χ0n) is 14.7. The zero-order chi connectivity index (χ0) is 16.1. The van der Waals surface area contributed by atoms with Gasteiger partial charge in [-0.2, -0.15) is 0 Å². The summed E-state index contributed by atoms with van der Waals surface area (Å²) in [7, 11) is 0. The summed E-state index contributed by atoms with van der Waals surface area (Å²) < 4.78 is 0. The van der Waals surface area contributed by atoms with Gasteiger partial charge in [-0.25, -0.2) is 0 Å². The van der Waals surface area contributed by atoms with E-state index in [9.17, 15) is 0 Å². The second-order valence-corrected chi connectivity index (χ2v) is 7.39. The summed E-state index contributed by atoms with van der Waals surface area (Å²) in [5.41, 5.74) is 2.86. The molecule has 3 nitrogen and oxygen atoms in total. The Morgan fingerprint density at radius 1 is 1.17 bits per heavy atom. The van der Waals surface area contributed by atoms with Gasteiger partial charge in [-0.15, -0.1) is 0 Å². The lowest BCUT2D eigenvalue weighted by Crippen LogP contribution is -2.36. The van der Waals surface area contributed by atoms with Crippen LogP contribution >= 0.6 is 0 Å². The van der Waals surface area contributed by atoms with Crippen LogP contribution in [0.1, 0.15) is 38.7 Å². The molecule has 1 aromatic rings. The van der Waals surface area contributed by atoms with Crippen molar-refractivity contribution >= 4 is 0 Å². The third-order valence-electron chi connectivity index (χ3n) is 5.70. The molecule has 126 valence electrons. The van der Waals surface area contributed by atoms with E-state index in [1.807, 2.05) is 18.5 Å². The summed E-state index contributed by atoms with van der Waals surface area (Å²) in [5.74, 6) is 1.87. The number of nitrogens with zero attached hydrogens (tertiary/aromatic N) is 3. The lowest BCUT2D eigenvalue weighted by atomic mass is 9.83. The van der Waals surface area contributed by atoms with Crippen LogP contribution in [0.3, 0.4) is 0 Å². The maximum atomic E-state index is 4.23. The molecule has 3 heteroatoms. The summed E-state index contributed by atoms with van der Waals surface area (Å²) in [6.07, 6.45) is 10.3. The minimum Gasteiger partial charge on any atom is -0.299 e. The van der Waals surface area contributed by atoms with E-state index < -0.39 is 0 Å². The number of allylic oxidation sites excluding steroid dienone is 1. The highest BCUT2D eigenvalue weighted by molar-refractivity contribution is 5.08. The normalized spacial score (nSPS) is 25.1. The third-order valence-corrected chi connectivity index (χ3v) is 5.70. The average Bonchev–Trinajstić information content (AvgIpc) is 3.05. The fourth-order valence-corrected chi connectivity index (χ4v) is 4.17. The molecular weight excluding hydrogens is 282 g/mol. The number of aromatic nitrogens is 1. The van der Waals surface area contributed by atoms with Gasteiger partial charge in [0.2, 0.25) is 0 Å². The Hall–Kier alpha value is -1.19. The zero-order valence-corrected chi connectivity index (χ0v) is 14.7. The molecule has 1 unspecified atom stereocenters. The van der Waals surface area contributed by atoms with Gasteiger partial charge in [0.15, 0.2) is 0 Å². The van der Waals surface area contributed by atoms with Crippen LogP contribution in [0.4, 0.5) is 0 Å². The molecule has 0 N–H and O–H groups in total. The molecule has 2 aliphatic rings. The van der Waals surface area contributed by atoms with Gasteiger partial charge in [0.05, 0.1) is 0 Å². The average molecular weight is 313 g/mol. The minimum atomic E-state index is 0.931. The van der Waals surface area contributed by atoms with Crippen molar-refractivity contribution in [3.63, 3.8) is 0 Å². The van der Waals surface area contributed by atoms with Crippen LogP contribution in [-0.4, -0.2) is 47.5 Å². The molecule has 0 aromatic carbocycles. The molecule has 0 amide bonds. The van der Waals surface area contributed by atoms with E-state index >= 15 is 0 Å². The van der Waals surface area contributed by atoms with Crippen LogP contribution in [0.25, 0.3) is 0 Å². The molecule has 23 heavy (non-hydrogen) atoms. The first kappa shape index (κ1) is 16.7. The highest BCUT2D eigenvalue weighted by Gasteiger charge is 2.31. The first-order chi connectivity index (χ1) is 11.2. The molecule has 0 saturated carbocycles. The maximum absolute atomic E-state index is 4.23. The number of pyridine rings is 1. The number of hydrogen-bond acceptors (Lipinski definition) is 3. The number of rotatable bonds is 5. The second-order valence-electron chi connectivity index (χ2n) is 7.39. The fourth-order valence-electron chi connectivity index (χ4n) is 4.17. The fraction of sp³-hybridized carbons (Fsp3) is 0.650. The van der Waals surface area contributed by atoms with E-state index in [0.717, 1.165) is 18.4 Å². The van der Waals surface area contributed by atoms with Crippen LogP contribution < -0.4 is 0 Å². The van der Waals surface area contributed by atoms with E-state index in [4.69, 9.17) is 0 Å². The van der Waals surface area contributed by atoms with Gasteiger partial charge >= 0.3 is 0 Å². The summed E-state index contributed by atoms with van der Waals surface area (Å²) in [6.45, 7) is 11.8. The highest BCUT2D eigenvalue weighted by Crippen LogP contribution is 2.32. The Morgan fingerprint density at radius 3 is 2.61 bits per heavy atom. The molecule has 0 radical (unpaired) electrons. The third kappa shape index (κ3) is 4.65. The molecular formula is C20H31N3. The highest BCUT2D eigenvalue weighted by atomic mass is 15.2. The van der Waals surface area contributed by atoms with Crippen LogP contribution in [0, 0.1) is 11.8 Å². The summed E-state index contributed by atoms with van der Waals surface area (Å²) in [5, 5.41) is 0. The summed E-state index contributed by atoms with van der Waals surface area (Å²) in [4.78, 5) is 9.49. The smallest absolute Gasteiger partial charge is 0.0312 e. The molecule has 1 atom stereocenters. The van der Waals surface area contributed by atoms with E-state index in [1.165, 1.54) is 63.1 Å². The van der Waals surface area contributed by atoms with Crippen LogP contribution in [0.5, 0.6) is 0 Å². The quantitative estimate of drug-likeness (QED) is 0.775. The Balaban J connectivity index is 1.43. The molecule has 2 saturated heterocycles. The van der Waals surface area contributed by atoms with E-state index in [2.05, 4.69) is 40.8 Å². The maximum Gasteiger partial charge on any atom is 0.0312 e. The van der Waals surface area contributed by atoms with Crippen molar-refractivity contribution in [2.45, 2.75) is 39.7 Å². The lowest BCUT2D eigenvalue weighted by Gasteiger charge is -2.35. The van der Waals surface area contributed by atoms with Gasteiger partial charge in [0.1, 0.15) is 0 Å². The minimum absolute atomic E-state index is 0.931. The van der Waals surface area contributed by atoms with Gasteiger partial charge < -0.3 is 0 Å². The Morgan fingerprint density at radius 2 is 1.91 bits per heavy atom. The van der Waals surface area contributed by atoms with Crippen molar-refractivity contribution in [1.29, 1.82) is 0 Å². The van der Waals surface area contributed by atoms with Crippen LogP contribution in [0.15, 0.2) is 36.2 Å². The number of piperidine rings is 1. The molecule has 0 bridgehead atoms. The van der Waals surface area contributed by atoms with Crippen molar-refractivity contribution in [3.8, 4) is 0 Å². The molecule has 1 aromatic heterocycles. The standard InChI is InChI=1S/C20H31N3/c1-3-17(2)14-23-12-8-20(16-23)19-6-10-22(11-7-19)15-18-5-4-9-21-13-18/h3-5,9,13,19-20H,6-8,10-12,14-16H2,1-2H3/b17-3+. The predicted octanol–water partition coefficient (Wildman–Crippen LogP) is 3.58. The monoisotopic (exact) mass is 313 g/mol. The Bertz CT molecular complexity index is 503. The Labute approximate surface area is 141 Å². The lowest BCUT2D eigenvalue weighted by molar-refractivity contribution is 0.142. The van der Waals surface area contributed by atoms with E-state index in [1.54, 1.807) is 0 Å². The first-order valence-electron chi connectivity index (χ1n) is 9.20. The van der Waals surface area contributed by atoms with E-state index in [-0.39, 0.29) is 0 Å². The largest absolute Gasteiger partial charge is 0.299 e. The summed E-state index contributed by atoms with van der Waals surface area (Å²) >= 11 is 0.